The van der Waals surface area contributed by atoms with Gasteiger partial charge in [-0.1, -0.05) is 66.7 Å². The fraction of sp³-hybridized carbons (Fsp3) is 0.0455. The number of hydrogen-bond acceptors (Lipinski definition) is 4. The maximum Gasteiger partial charge on any atom is 0.339 e. The van der Waals surface area contributed by atoms with Crippen LogP contribution in [0.15, 0.2) is 78.9 Å². The van der Waals surface area contributed by atoms with Crippen LogP contribution in [-0.4, -0.2) is 18.4 Å². The lowest BCUT2D eigenvalue weighted by Crippen LogP contribution is -2.15. The van der Waals surface area contributed by atoms with Crippen LogP contribution in [0.25, 0.3) is 11.1 Å². The van der Waals surface area contributed by atoms with Crippen molar-refractivity contribution < 1.29 is 14.3 Å². The molecular formula is C22H15NO3. The minimum Gasteiger partial charge on any atom is -0.454 e. The Balaban J connectivity index is 1.83. The lowest BCUT2D eigenvalue weighted by molar-refractivity contribution is 0.0475. The van der Waals surface area contributed by atoms with Gasteiger partial charge in [0, 0.05) is 11.1 Å². The number of nitrogens with zero attached hydrogens (tertiary/aromatic N) is 1. The zero-order valence-electron chi connectivity index (χ0n) is 13.9. The van der Waals surface area contributed by atoms with Crippen LogP contribution in [0.2, 0.25) is 0 Å². The lowest BCUT2D eigenvalue weighted by atomic mass is 9.96. The van der Waals surface area contributed by atoms with Crippen LogP contribution in [0.3, 0.4) is 0 Å². The topological polar surface area (TPSA) is 67.2 Å². The van der Waals surface area contributed by atoms with Gasteiger partial charge in [0.2, 0.25) is 0 Å². The van der Waals surface area contributed by atoms with Crippen LogP contribution in [0.4, 0.5) is 0 Å². The van der Waals surface area contributed by atoms with Gasteiger partial charge < -0.3 is 4.74 Å². The molecule has 3 rings (SSSR count). The summed E-state index contributed by atoms with van der Waals surface area (Å²) in [5.74, 6) is -0.869. The van der Waals surface area contributed by atoms with Crippen molar-refractivity contribution in [2.45, 2.75) is 0 Å². The van der Waals surface area contributed by atoms with Crippen molar-refractivity contribution in [3.8, 4) is 17.2 Å². The molecule has 0 radical (unpaired) electrons. The summed E-state index contributed by atoms with van der Waals surface area (Å²) >= 11 is 0. The first-order chi connectivity index (χ1) is 12.7. The summed E-state index contributed by atoms with van der Waals surface area (Å²) in [5.41, 5.74) is 2.52. The standard InChI is InChI=1S/C22H15NO3/c23-14-17-10-4-5-11-18(17)19-12-6-7-13-20(19)22(25)26-15-21(24)16-8-2-1-3-9-16/h1-13H,15H2. The van der Waals surface area contributed by atoms with Gasteiger partial charge in [-0.05, 0) is 17.7 Å². The van der Waals surface area contributed by atoms with Crippen LogP contribution in [0, 0.1) is 11.3 Å². The van der Waals surface area contributed by atoms with Gasteiger partial charge >= 0.3 is 5.97 Å². The van der Waals surface area contributed by atoms with E-state index < -0.39 is 5.97 Å². The third-order valence-corrected chi connectivity index (χ3v) is 3.91. The van der Waals surface area contributed by atoms with Gasteiger partial charge in [-0.3, -0.25) is 4.79 Å². The van der Waals surface area contributed by atoms with Crippen molar-refractivity contribution in [1.82, 2.24) is 0 Å². The number of rotatable bonds is 5. The molecule has 4 nitrogen and oxygen atoms in total. The zero-order chi connectivity index (χ0) is 18.4. The molecule has 0 unspecified atom stereocenters. The summed E-state index contributed by atoms with van der Waals surface area (Å²) in [7, 11) is 0. The molecule has 3 aromatic carbocycles. The quantitative estimate of drug-likeness (QED) is 0.513. The monoisotopic (exact) mass is 341 g/mol. The number of ether oxygens (including phenoxy) is 1. The van der Waals surface area contributed by atoms with E-state index in [1.165, 1.54) is 0 Å². The van der Waals surface area contributed by atoms with Crippen LogP contribution < -0.4 is 0 Å². The molecule has 0 spiro atoms. The minimum absolute atomic E-state index is 0.270. The van der Waals surface area contributed by atoms with Gasteiger partial charge in [0.1, 0.15) is 0 Å². The lowest BCUT2D eigenvalue weighted by Gasteiger charge is -2.10. The summed E-state index contributed by atoms with van der Waals surface area (Å²) < 4.78 is 5.21. The van der Waals surface area contributed by atoms with E-state index in [1.807, 2.05) is 6.07 Å². The molecule has 4 heteroatoms. The van der Waals surface area contributed by atoms with E-state index in [0.29, 0.717) is 27.8 Å². The number of ketones is 1. The minimum atomic E-state index is -0.599. The van der Waals surface area contributed by atoms with E-state index in [-0.39, 0.29) is 12.4 Å². The molecule has 0 saturated heterocycles. The molecule has 0 aliphatic carbocycles. The Morgan fingerprint density at radius 1 is 0.808 bits per heavy atom. The van der Waals surface area contributed by atoms with E-state index in [0.717, 1.165) is 0 Å². The molecule has 126 valence electrons. The SMILES string of the molecule is N#Cc1ccccc1-c1ccccc1C(=O)OCC(=O)c1ccccc1. The third kappa shape index (κ3) is 3.68. The van der Waals surface area contributed by atoms with Crippen molar-refractivity contribution in [2.24, 2.45) is 0 Å². The number of hydrogen-bond donors (Lipinski definition) is 0. The van der Waals surface area contributed by atoms with Crippen molar-refractivity contribution in [3.63, 3.8) is 0 Å². The summed E-state index contributed by atoms with van der Waals surface area (Å²) in [4.78, 5) is 24.6. The second kappa shape index (κ2) is 7.91. The molecule has 0 saturated carbocycles. The highest BCUT2D eigenvalue weighted by atomic mass is 16.5. The van der Waals surface area contributed by atoms with Crippen LogP contribution in [0.5, 0.6) is 0 Å². The highest BCUT2D eigenvalue weighted by Crippen LogP contribution is 2.27. The van der Waals surface area contributed by atoms with Crippen molar-refractivity contribution in [1.29, 1.82) is 5.26 Å². The molecule has 0 fully saturated rings. The molecule has 0 N–H and O–H groups in total. The van der Waals surface area contributed by atoms with Crippen molar-refractivity contribution in [3.05, 3.63) is 95.6 Å². The molecule has 0 bridgehead atoms. The largest absolute Gasteiger partial charge is 0.454 e. The third-order valence-electron chi connectivity index (χ3n) is 3.91. The van der Waals surface area contributed by atoms with E-state index in [9.17, 15) is 14.9 Å². The number of carbonyl (C=O) groups excluding carboxylic acids is 2. The van der Waals surface area contributed by atoms with Gasteiger partial charge in [-0.25, -0.2) is 4.79 Å². The molecule has 26 heavy (non-hydrogen) atoms. The molecule has 0 heterocycles. The number of Topliss-reactive ketones (excluding diaryl/α,β-unsaturated/α-hetero) is 1. The molecule has 0 aliphatic heterocycles. The Morgan fingerprint density at radius 3 is 2.15 bits per heavy atom. The van der Waals surface area contributed by atoms with Gasteiger partial charge in [-0.15, -0.1) is 0 Å². The van der Waals surface area contributed by atoms with Gasteiger partial charge in [0.15, 0.2) is 12.4 Å². The number of carbonyl (C=O) groups is 2. The normalized spacial score (nSPS) is 9.96. The second-order valence-electron chi connectivity index (χ2n) is 5.57. The molecule has 0 atom stereocenters. The smallest absolute Gasteiger partial charge is 0.339 e. The fourth-order valence-electron chi connectivity index (χ4n) is 2.63. The van der Waals surface area contributed by atoms with Gasteiger partial charge in [0.05, 0.1) is 17.2 Å². The number of benzene rings is 3. The maximum absolute atomic E-state index is 12.5. The summed E-state index contributed by atoms with van der Waals surface area (Å²) in [6.07, 6.45) is 0. The first kappa shape index (κ1) is 17.1. The van der Waals surface area contributed by atoms with Gasteiger partial charge in [-0.2, -0.15) is 5.26 Å². The van der Waals surface area contributed by atoms with E-state index in [4.69, 9.17) is 4.74 Å². The molecular weight excluding hydrogens is 326 g/mol. The van der Waals surface area contributed by atoms with Crippen LogP contribution in [-0.2, 0) is 4.74 Å². The fourth-order valence-corrected chi connectivity index (χ4v) is 2.63. The average Bonchev–Trinajstić information content (AvgIpc) is 2.72. The average molecular weight is 341 g/mol. The Hall–Kier alpha value is -3.71. The van der Waals surface area contributed by atoms with Crippen molar-refractivity contribution >= 4 is 11.8 Å². The summed E-state index contributed by atoms with van der Waals surface area (Å²) in [6, 6.07) is 24.7. The second-order valence-corrected chi connectivity index (χ2v) is 5.57. The number of esters is 1. The molecule has 0 aromatic heterocycles. The highest BCUT2D eigenvalue weighted by molar-refractivity contribution is 6.01. The predicted molar refractivity (Wildman–Crippen MR) is 97.6 cm³/mol. The first-order valence-electron chi connectivity index (χ1n) is 8.04. The Kier molecular flexibility index (Phi) is 5.21. The Morgan fingerprint density at radius 2 is 1.42 bits per heavy atom. The van der Waals surface area contributed by atoms with E-state index in [2.05, 4.69) is 6.07 Å². The van der Waals surface area contributed by atoms with E-state index >= 15 is 0 Å². The molecule has 0 aliphatic rings. The van der Waals surface area contributed by atoms with Crippen molar-refractivity contribution in [2.75, 3.05) is 6.61 Å². The van der Waals surface area contributed by atoms with Gasteiger partial charge in [0.25, 0.3) is 0 Å². The van der Waals surface area contributed by atoms with E-state index in [1.54, 1.807) is 72.8 Å². The predicted octanol–water partition coefficient (Wildman–Crippen LogP) is 4.26. The summed E-state index contributed by atoms with van der Waals surface area (Å²) in [5, 5.41) is 9.30. The molecule has 3 aromatic rings. The zero-order valence-corrected chi connectivity index (χ0v) is 13.9. The summed E-state index contributed by atoms with van der Waals surface area (Å²) in [6.45, 7) is -0.336. The first-order valence-corrected chi connectivity index (χ1v) is 8.04. The number of nitriles is 1. The Bertz CT molecular complexity index is 988. The molecule has 0 amide bonds. The van der Waals surface area contributed by atoms with Crippen LogP contribution >= 0.6 is 0 Å². The highest BCUT2D eigenvalue weighted by Gasteiger charge is 2.17. The van der Waals surface area contributed by atoms with Crippen LogP contribution in [0.1, 0.15) is 26.3 Å². The Labute approximate surface area is 151 Å². The maximum atomic E-state index is 12.5.